The van der Waals surface area contributed by atoms with Crippen LogP contribution < -0.4 is 15.8 Å². The van der Waals surface area contributed by atoms with Crippen LogP contribution in [0.25, 0.3) is 21.3 Å². The molecule has 0 aliphatic carbocycles. The highest BCUT2D eigenvalue weighted by molar-refractivity contribution is 7.21. The minimum Gasteiger partial charge on any atom is -0.483 e. The first-order valence-corrected chi connectivity index (χ1v) is 13.0. The van der Waals surface area contributed by atoms with E-state index in [0.717, 1.165) is 18.2 Å². The second-order valence-electron chi connectivity index (χ2n) is 8.97. The second kappa shape index (κ2) is 10.9. The fraction of sp³-hybridized carbons (Fsp3) is 0.185. The third-order valence-corrected chi connectivity index (χ3v) is 7.22. The number of aryl methyl sites for hydroxylation is 2. The van der Waals surface area contributed by atoms with Gasteiger partial charge in [-0.15, -0.1) is 11.3 Å². The molecule has 218 valence electrons. The van der Waals surface area contributed by atoms with Crippen molar-refractivity contribution in [3.05, 3.63) is 82.0 Å². The first-order valence-electron chi connectivity index (χ1n) is 12.2. The zero-order valence-electron chi connectivity index (χ0n) is 21.8. The summed E-state index contributed by atoms with van der Waals surface area (Å²) in [5.74, 6) is -3.95. The lowest BCUT2D eigenvalue weighted by molar-refractivity contribution is -0.140. The lowest BCUT2D eigenvalue weighted by Gasteiger charge is -2.11. The predicted molar refractivity (Wildman–Crippen MR) is 142 cm³/mol. The van der Waals surface area contributed by atoms with Crippen LogP contribution in [0.1, 0.15) is 44.3 Å². The summed E-state index contributed by atoms with van der Waals surface area (Å²) in [5, 5.41) is 6.90. The number of nitrogens with zero attached hydrogens (tertiary/aromatic N) is 3. The average Bonchev–Trinajstić information content (AvgIpc) is 3.64. The highest BCUT2D eigenvalue weighted by Crippen LogP contribution is 2.44. The summed E-state index contributed by atoms with van der Waals surface area (Å²) in [5.41, 5.74) is 4.99. The number of pyridine rings is 1. The van der Waals surface area contributed by atoms with E-state index in [1.165, 1.54) is 16.8 Å². The number of amides is 2. The molecule has 9 nitrogen and oxygen atoms in total. The quantitative estimate of drug-likeness (QED) is 0.200. The fourth-order valence-electron chi connectivity index (χ4n) is 4.19. The third kappa shape index (κ3) is 5.54. The molecule has 0 fully saturated rings. The number of alkyl halides is 3. The molecule has 4 aromatic heterocycles. The smallest absolute Gasteiger partial charge is 0.433 e. The molecule has 5 aromatic rings. The minimum absolute atomic E-state index is 0.0402. The normalized spacial score (nSPS) is 11.7. The van der Waals surface area contributed by atoms with Gasteiger partial charge in [-0.2, -0.15) is 18.3 Å². The Kier molecular flexibility index (Phi) is 7.45. The summed E-state index contributed by atoms with van der Waals surface area (Å²) in [6.07, 6.45) is -3.25. The van der Waals surface area contributed by atoms with Gasteiger partial charge in [0.1, 0.15) is 33.6 Å². The Morgan fingerprint density at radius 3 is 2.55 bits per heavy atom. The van der Waals surface area contributed by atoms with E-state index >= 15 is 0 Å². The second-order valence-corrected chi connectivity index (χ2v) is 9.97. The number of thiophene rings is 1. The van der Waals surface area contributed by atoms with E-state index in [0.29, 0.717) is 35.2 Å². The van der Waals surface area contributed by atoms with Crippen LogP contribution in [0.15, 0.2) is 47.0 Å². The van der Waals surface area contributed by atoms with Crippen molar-refractivity contribution < 1.29 is 40.7 Å². The van der Waals surface area contributed by atoms with E-state index in [9.17, 15) is 31.5 Å². The first-order chi connectivity index (χ1) is 19.8. The fourth-order valence-corrected chi connectivity index (χ4v) is 5.19. The molecule has 0 aliphatic rings. The number of nitrogens with one attached hydrogen (secondary N) is 1. The van der Waals surface area contributed by atoms with E-state index in [-0.39, 0.29) is 50.2 Å². The third-order valence-electron chi connectivity index (χ3n) is 6.12. The number of anilines is 1. The van der Waals surface area contributed by atoms with E-state index in [4.69, 9.17) is 14.9 Å². The van der Waals surface area contributed by atoms with Gasteiger partial charge in [-0.05, 0) is 49.7 Å². The number of hydrogen-bond donors (Lipinski definition) is 2. The topological polar surface area (TPSA) is 125 Å². The van der Waals surface area contributed by atoms with Crippen molar-refractivity contribution in [3.8, 4) is 16.9 Å². The molecule has 0 saturated carbocycles. The van der Waals surface area contributed by atoms with Crippen LogP contribution >= 0.6 is 11.3 Å². The summed E-state index contributed by atoms with van der Waals surface area (Å²) in [7, 11) is 0. The Labute approximate surface area is 237 Å². The van der Waals surface area contributed by atoms with Gasteiger partial charge in [0.15, 0.2) is 17.3 Å². The number of hydrogen-bond acceptors (Lipinski definition) is 7. The summed E-state index contributed by atoms with van der Waals surface area (Å²) < 4.78 is 80.6. The zero-order chi connectivity index (χ0) is 30.3. The van der Waals surface area contributed by atoms with Gasteiger partial charge in [0, 0.05) is 29.8 Å². The van der Waals surface area contributed by atoms with Crippen LogP contribution in [-0.2, 0) is 19.3 Å². The SMILES string of the molecule is CCn1cc(-c2cc(C(F)(F)F)nc3sc(C(N)=O)c(NC(=O)c4ccc(COc5ccc(F)cc5F)o4)c23)c(C)n1. The monoisotopic (exact) mass is 605 g/mol. The maximum absolute atomic E-state index is 13.9. The molecule has 3 N–H and O–H groups in total. The van der Waals surface area contributed by atoms with Gasteiger partial charge in [0.25, 0.3) is 11.8 Å². The molecule has 0 spiro atoms. The van der Waals surface area contributed by atoms with Crippen molar-refractivity contribution in [1.82, 2.24) is 14.8 Å². The van der Waals surface area contributed by atoms with Crippen molar-refractivity contribution in [2.45, 2.75) is 33.2 Å². The van der Waals surface area contributed by atoms with Crippen LogP contribution in [0.5, 0.6) is 5.75 Å². The molecule has 0 aliphatic heterocycles. The molecule has 4 heterocycles. The summed E-state index contributed by atoms with van der Waals surface area (Å²) in [4.78, 5) is 28.8. The molecule has 5 rings (SSSR count). The Hall–Kier alpha value is -4.79. The van der Waals surface area contributed by atoms with Crippen molar-refractivity contribution >= 4 is 39.1 Å². The number of carbonyl (C=O) groups is 2. The standard InChI is InChI=1S/C27H20F5N5O4S/c1-3-37-10-16(12(2)36-37)15-9-20(27(30,31)32)34-26-21(15)22(23(42-26)24(33)38)35-25(39)19-7-5-14(41-19)11-40-18-6-4-13(28)8-17(18)29/h4-10H,3,11H2,1-2H3,(H2,33,38)(H,35,39). The minimum atomic E-state index is -4.80. The van der Waals surface area contributed by atoms with Gasteiger partial charge in [-0.3, -0.25) is 14.3 Å². The molecule has 0 atom stereocenters. The summed E-state index contributed by atoms with van der Waals surface area (Å²) in [6, 6.07) is 6.24. The molecule has 1 aromatic carbocycles. The molecule has 0 bridgehead atoms. The number of ether oxygens (including phenoxy) is 1. The van der Waals surface area contributed by atoms with Crippen molar-refractivity contribution in [1.29, 1.82) is 0 Å². The maximum atomic E-state index is 13.9. The number of primary amides is 1. The molecular weight excluding hydrogens is 585 g/mol. The Morgan fingerprint density at radius 1 is 1.14 bits per heavy atom. The lowest BCUT2D eigenvalue weighted by atomic mass is 10.0. The van der Waals surface area contributed by atoms with Gasteiger partial charge >= 0.3 is 6.18 Å². The van der Waals surface area contributed by atoms with Crippen LogP contribution in [0.2, 0.25) is 0 Å². The molecule has 0 saturated heterocycles. The van der Waals surface area contributed by atoms with E-state index in [1.807, 2.05) is 0 Å². The van der Waals surface area contributed by atoms with Crippen LogP contribution in [0, 0.1) is 18.6 Å². The van der Waals surface area contributed by atoms with Gasteiger partial charge in [-0.25, -0.2) is 13.8 Å². The van der Waals surface area contributed by atoms with Crippen molar-refractivity contribution in [2.75, 3.05) is 5.32 Å². The van der Waals surface area contributed by atoms with E-state index in [1.54, 1.807) is 20.0 Å². The zero-order valence-corrected chi connectivity index (χ0v) is 22.6. The number of aromatic nitrogens is 3. The van der Waals surface area contributed by atoms with Crippen molar-refractivity contribution in [2.24, 2.45) is 5.73 Å². The Morgan fingerprint density at radius 2 is 1.90 bits per heavy atom. The van der Waals surface area contributed by atoms with Gasteiger partial charge in [0.2, 0.25) is 0 Å². The highest BCUT2D eigenvalue weighted by Gasteiger charge is 2.35. The number of nitrogens with two attached hydrogens (primary N) is 1. The number of furan rings is 1. The summed E-state index contributed by atoms with van der Waals surface area (Å²) >= 11 is 0.600. The van der Waals surface area contributed by atoms with Crippen LogP contribution in [-0.4, -0.2) is 26.6 Å². The number of rotatable bonds is 8. The van der Waals surface area contributed by atoms with Gasteiger partial charge in [0.05, 0.1) is 11.4 Å². The number of carbonyl (C=O) groups excluding carboxylic acids is 2. The van der Waals surface area contributed by atoms with Crippen LogP contribution in [0.3, 0.4) is 0 Å². The largest absolute Gasteiger partial charge is 0.483 e. The molecular formula is C27H20F5N5O4S. The maximum Gasteiger partial charge on any atom is 0.433 e. The predicted octanol–water partition coefficient (Wildman–Crippen LogP) is 6.31. The van der Waals surface area contributed by atoms with Crippen molar-refractivity contribution in [3.63, 3.8) is 0 Å². The number of halogens is 5. The Bertz CT molecular complexity index is 1840. The molecule has 0 radical (unpaired) electrons. The van der Waals surface area contributed by atoms with E-state index < -0.39 is 35.3 Å². The lowest BCUT2D eigenvalue weighted by Crippen LogP contribution is -2.16. The van der Waals surface area contributed by atoms with Gasteiger partial charge < -0.3 is 20.2 Å². The highest BCUT2D eigenvalue weighted by atomic mass is 32.1. The summed E-state index contributed by atoms with van der Waals surface area (Å²) in [6.45, 7) is 3.56. The van der Waals surface area contributed by atoms with Crippen LogP contribution in [0.4, 0.5) is 27.6 Å². The first kappa shape index (κ1) is 28.7. The van der Waals surface area contributed by atoms with Gasteiger partial charge in [-0.1, -0.05) is 0 Å². The molecule has 0 unspecified atom stereocenters. The number of benzene rings is 1. The molecule has 42 heavy (non-hydrogen) atoms. The van der Waals surface area contributed by atoms with E-state index in [2.05, 4.69) is 15.4 Å². The average molecular weight is 606 g/mol. The number of fused-ring (bicyclic) bond motifs is 1. The molecule has 2 amide bonds. The molecule has 15 heteroatoms. The Balaban J connectivity index is 1.53.